The maximum atomic E-state index is 12.1. The molecular weight excluding hydrogens is 364 g/mol. The second-order valence-electron chi connectivity index (χ2n) is 6.16. The number of rotatable bonds is 9. The second kappa shape index (κ2) is 10.1. The van der Waals surface area contributed by atoms with Gasteiger partial charge in [0.25, 0.3) is 11.6 Å². The zero-order chi connectivity index (χ0) is 20.5. The number of amides is 1. The summed E-state index contributed by atoms with van der Waals surface area (Å²) in [5.74, 6) is -0.456. The van der Waals surface area contributed by atoms with Crippen LogP contribution in [-0.4, -0.2) is 29.5 Å². The van der Waals surface area contributed by atoms with Crippen molar-refractivity contribution >= 4 is 23.3 Å². The van der Waals surface area contributed by atoms with E-state index in [1.54, 1.807) is 6.07 Å². The zero-order valence-electron chi connectivity index (χ0n) is 15.7. The Kier molecular flexibility index (Phi) is 7.50. The van der Waals surface area contributed by atoms with E-state index in [2.05, 4.69) is 5.32 Å². The number of carbonyl (C=O) groups is 2. The van der Waals surface area contributed by atoms with Gasteiger partial charge in [0.2, 0.25) is 0 Å². The largest absolute Gasteiger partial charge is 0.494 e. The molecule has 8 nitrogen and oxygen atoms in total. The van der Waals surface area contributed by atoms with Gasteiger partial charge < -0.3 is 14.8 Å². The Hall–Kier alpha value is -3.42. The number of anilines is 1. The molecule has 2 rings (SSSR count). The topological polar surface area (TPSA) is 108 Å². The Balaban J connectivity index is 1.75. The molecule has 1 atom stereocenters. The number of nitro benzene ring substituents is 1. The average Bonchev–Trinajstić information content (AvgIpc) is 2.65. The number of carbonyl (C=O) groups excluding carboxylic acids is 2. The van der Waals surface area contributed by atoms with E-state index in [0.717, 1.165) is 11.3 Å². The fourth-order valence-corrected chi connectivity index (χ4v) is 2.39. The maximum absolute atomic E-state index is 12.1. The molecule has 1 N–H and O–H groups in total. The predicted octanol–water partition coefficient (Wildman–Crippen LogP) is 3.63. The van der Waals surface area contributed by atoms with E-state index >= 15 is 0 Å². The van der Waals surface area contributed by atoms with Crippen molar-refractivity contribution in [3.05, 3.63) is 64.2 Å². The molecule has 0 aliphatic heterocycles. The molecule has 2 aromatic rings. The minimum absolute atomic E-state index is 0.0481. The average molecular weight is 386 g/mol. The van der Waals surface area contributed by atoms with Crippen molar-refractivity contribution in [3.63, 3.8) is 0 Å². The van der Waals surface area contributed by atoms with E-state index in [0.29, 0.717) is 13.0 Å². The lowest BCUT2D eigenvalue weighted by Gasteiger charge is -2.13. The molecule has 0 fully saturated rings. The normalized spacial score (nSPS) is 11.4. The summed E-state index contributed by atoms with van der Waals surface area (Å²) in [5, 5.41) is 13.4. The first-order chi connectivity index (χ1) is 13.4. The predicted molar refractivity (Wildman–Crippen MR) is 103 cm³/mol. The van der Waals surface area contributed by atoms with Gasteiger partial charge in [-0.1, -0.05) is 24.3 Å². The van der Waals surface area contributed by atoms with Crippen molar-refractivity contribution in [3.8, 4) is 5.75 Å². The van der Waals surface area contributed by atoms with Crippen molar-refractivity contribution in [1.82, 2.24) is 0 Å². The Morgan fingerprint density at radius 3 is 2.64 bits per heavy atom. The molecule has 1 amide bonds. The van der Waals surface area contributed by atoms with Crippen LogP contribution < -0.4 is 10.1 Å². The van der Waals surface area contributed by atoms with Crippen LogP contribution in [0.1, 0.15) is 25.3 Å². The van der Waals surface area contributed by atoms with Crippen molar-refractivity contribution in [1.29, 1.82) is 0 Å². The van der Waals surface area contributed by atoms with Crippen molar-refractivity contribution in [2.24, 2.45) is 0 Å². The molecule has 0 aliphatic rings. The van der Waals surface area contributed by atoms with E-state index in [1.165, 1.54) is 25.1 Å². The van der Waals surface area contributed by atoms with Crippen LogP contribution in [0.3, 0.4) is 0 Å². The molecular formula is C20H22N2O6. The summed E-state index contributed by atoms with van der Waals surface area (Å²) in [6, 6.07) is 13.3. The summed E-state index contributed by atoms with van der Waals surface area (Å²) in [6.45, 7) is 3.71. The monoisotopic (exact) mass is 386 g/mol. The van der Waals surface area contributed by atoms with E-state index < -0.39 is 22.9 Å². The molecule has 28 heavy (non-hydrogen) atoms. The lowest BCUT2D eigenvalue weighted by atomic mass is 10.2. The van der Waals surface area contributed by atoms with Crippen LogP contribution in [0.5, 0.6) is 5.75 Å². The number of ether oxygens (including phenoxy) is 2. The van der Waals surface area contributed by atoms with Gasteiger partial charge in [0.1, 0.15) is 11.4 Å². The lowest BCUT2D eigenvalue weighted by molar-refractivity contribution is -0.383. The molecule has 0 unspecified atom stereocenters. The van der Waals surface area contributed by atoms with Crippen LogP contribution in [0.2, 0.25) is 0 Å². The van der Waals surface area contributed by atoms with Gasteiger partial charge in [-0.05, 0) is 44.0 Å². The molecule has 8 heteroatoms. The molecule has 0 aromatic heterocycles. The summed E-state index contributed by atoms with van der Waals surface area (Å²) < 4.78 is 10.6. The van der Waals surface area contributed by atoms with Crippen LogP contribution in [0.4, 0.5) is 11.4 Å². The number of nitrogens with zero attached hydrogens (tertiary/aromatic N) is 1. The van der Waals surface area contributed by atoms with Crippen molar-refractivity contribution in [2.45, 2.75) is 32.8 Å². The van der Waals surface area contributed by atoms with Gasteiger partial charge in [0.05, 0.1) is 11.5 Å². The Labute approximate surface area is 162 Å². The van der Waals surface area contributed by atoms with Crippen LogP contribution in [0, 0.1) is 17.0 Å². The number of benzene rings is 2. The first kappa shape index (κ1) is 20.9. The number of hydrogen-bond donors (Lipinski definition) is 1. The quantitative estimate of drug-likeness (QED) is 0.305. The van der Waals surface area contributed by atoms with Gasteiger partial charge in [-0.15, -0.1) is 0 Å². The first-order valence-electron chi connectivity index (χ1n) is 8.80. The highest BCUT2D eigenvalue weighted by molar-refractivity contribution is 5.96. The summed E-state index contributed by atoms with van der Waals surface area (Å²) in [5.41, 5.74) is 0.894. The molecule has 0 aliphatic carbocycles. The van der Waals surface area contributed by atoms with Gasteiger partial charge in [0.15, 0.2) is 6.10 Å². The van der Waals surface area contributed by atoms with Crippen molar-refractivity contribution in [2.75, 3.05) is 11.9 Å². The van der Waals surface area contributed by atoms with Gasteiger partial charge in [0, 0.05) is 12.5 Å². The highest BCUT2D eigenvalue weighted by Gasteiger charge is 2.21. The second-order valence-corrected chi connectivity index (χ2v) is 6.16. The zero-order valence-corrected chi connectivity index (χ0v) is 15.7. The Morgan fingerprint density at radius 1 is 1.18 bits per heavy atom. The SMILES string of the molecule is Cc1cccc(OCCCC(=O)O[C@@H](C)C(=O)Nc2ccccc2[N+](=O)[O-])c1. The third-order valence-electron chi connectivity index (χ3n) is 3.82. The number of nitro groups is 1. The number of para-hydroxylation sites is 2. The van der Waals surface area contributed by atoms with Gasteiger partial charge in [-0.2, -0.15) is 0 Å². The van der Waals surface area contributed by atoms with Gasteiger partial charge in [-0.3, -0.25) is 19.7 Å². The van der Waals surface area contributed by atoms with Gasteiger partial charge >= 0.3 is 5.97 Å². The fourth-order valence-electron chi connectivity index (χ4n) is 2.39. The third-order valence-corrected chi connectivity index (χ3v) is 3.82. The summed E-state index contributed by atoms with van der Waals surface area (Å²) in [4.78, 5) is 34.4. The molecule has 0 bridgehead atoms. The molecule has 0 saturated heterocycles. The van der Waals surface area contributed by atoms with E-state index in [4.69, 9.17) is 9.47 Å². The minimum atomic E-state index is -1.08. The maximum Gasteiger partial charge on any atom is 0.306 e. The van der Waals surface area contributed by atoms with E-state index in [-0.39, 0.29) is 17.8 Å². The number of aryl methyl sites for hydroxylation is 1. The molecule has 0 saturated carbocycles. The number of nitrogens with one attached hydrogen (secondary N) is 1. The van der Waals surface area contributed by atoms with Crippen LogP contribution in [0.15, 0.2) is 48.5 Å². The molecule has 0 spiro atoms. The summed E-state index contributed by atoms with van der Waals surface area (Å²) in [7, 11) is 0. The molecule has 0 heterocycles. The smallest absolute Gasteiger partial charge is 0.306 e. The van der Waals surface area contributed by atoms with E-state index in [9.17, 15) is 19.7 Å². The van der Waals surface area contributed by atoms with Crippen LogP contribution in [-0.2, 0) is 14.3 Å². The lowest BCUT2D eigenvalue weighted by Crippen LogP contribution is -2.30. The third kappa shape index (κ3) is 6.39. The van der Waals surface area contributed by atoms with E-state index in [1.807, 2.05) is 31.2 Å². The fraction of sp³-hybridized carbons (Fsp3) is 0.300. The Bertz CT molecular complexity index is 852. The van der Waals surface area contributed by atoms with Gasteiger partial charge in [-0.25, -0.2) is 0 Å². The first-order valence-corrected chi connectivity index (χ1v) is 8.80. The number of hydrogen-bond acceptors (Lipinski definition) is 6. The van der Waals surface area contributed by atoms with Crippen molar-refractivity contribution < 1.29 is 24.0 Å². The minimum Gasteiger partial charge on any atom is -0.494 e. The summed E-state index contributed by atoms with van der Waals surface area (Å²) in [6.07, 6.45) is -0.551. The van der Waals surface area contributed by atoms with Crippen LogP contribution in [0.25, 0.3) is 0 Å². The highest BCUT2D eigenvalue weighted by Crippen LogP contribution is 2.23. The summed E-state index contributed by atoms with van der Waals surface area (Å²) >= 11 is 0. The molecule has 0 radical (unpaired) electrons. The Morgan fingerprint density at radius 2 is 1.93 bits per heavy atom. The molecule has 148 valence electrons. The molecule has 2 aromatic carbocycles. The standard InChI is InChI=1S/C20H22N2O6/c1-14-7-5-8-16(13-14)27-12-6-11-19(23)28-15(2)20(24)21-17-9-3-4-10-18(17)22(25)26/h3-5,7-10,13,15H,6,11-12H2,1-2H3,(H,21,24)/t15-/m0/s1. The van der Waals surface area contributed by atoms with Crippen LogP contribution >= 0.6 is 0 Å². The highest BCUT2D eigenvalue weighted by atomic mass is 16.6. The number of esters is 1.